The van der Waals surface area contributed by atoms with Crippen LogP contribution in [0.15, 0.2) is 48.5 Å². The number of aryl methyl sites for hydroxylation is 2. The van der Waals surface area contributed by atoms with Crippen LogP contribution in [0.3, 0.4) is 0 Å². The zero-order valence-electron chi connectivity index (χ0n) is 22.9. The molecule has 5 rings (SSSR count). The molecule has 2 aromatic carbocycles. The molecule has 1 fully saturated rings. The van der Waals surface area contributed by atoms with Gasteiger partial charge in [0.15, 0.2) is 5.82 Å². The zero-order valence-corrected chi connectivity index (χ0v) is 22.9. The minimum Gasteiger partial charge on any atom is -0.343 e. The number of amides is 3. The van der Waals surface area contributed by atoms with Crippen LogP contribution in [0.2, 0.25) is 0 Å². The Morgan fingerprint density at radius 2 is 1.56 bits per heavy atom. The van der Waals surface area contributed by atoms with Crippen molar-refractivity contribution in [2.45, 2.75) is 44.3 Å². The molecule has 1 aliphatic rings. The van der Waals surface area contributed by atoms with Gasteiger partial charge in [0.2, 0.25) is 0 Å². The van der Waals surface area contributed by atoms with E-state index in [1.165, 1.54) is 12.1 Å². The number of imidazole rings is 1. The van der Waals surface area contributed by atoms with Gasteiger partial charge < -0.3 is 24.7 Å². The van der Waals surface area contributed by atoms with Crippen LogP contribution in [-0.4, -0.2) is 74.3 Å². The van der Waals surface area contributed by atoms with E-state index in [1.807, 2.05) is 48.9 Å². The molecule has 1 saturated heterocycles. The molecule has 0 aliphatic carbocycles. The molecule has 0 unspecified atom stereocenters. The number of para-hydroxylation sites is 1. The van der Waals surface area contributed by atoms with Crippen LogP contribution in [0, 0.1) is 0 Å². The quantitative estimate of drug-likeness (QED) is 0.333. The molecule has 2 N–H and O–H groups in total. The SMILES string of the molecule is CCn1c(-c2nc3cc(C(=O)N4CC[C@@H](NC(=O)C(F)(F)F)[C@@H](NC(=O)C(F)(F)F)C4)ccc3n2C)cc2ccccc21. The van der Waals surface area contributed by atoms with Gasteiger partial charge in [-0.2, -0.15) is 26.3 Å². The molecule has 0 saturated carbocycles. The van der Waals surface area contributed by atoms with E-state index in [0.29, 0.717) is 23.4 Å². The van der Waals surface area contributed by atoms with Crippen molar-refractivity contribution in [2.24, 2.45) is 7.05 Å². The molecule has 2 atom stereocenters. The average molecular weight is 609 g/mol. The largest absolute Gasteiger partial charge is 0.471 e. The number of hydrogen-bond donors (Lipinski definition) is 2. The fourth-order valence-corrected chi connectivity index (χ4v) is 5.44. The highest BCUT2D eigenvalue weighted by Crippen LogP contribution is 2.30. The molecule has 15 heteroatoms. The number of piperidine rings is 1. The van der Waals surface area contributed by atoms with Crippen LogP contribution in [0.5, 0.6) is 0 Å². The van der Waals surface area contributed by atoms with E-state index >= 15 is 0 Å². The van der Waals surface area contributed by atoms with E-state index in [4.69, 9.17) is 4.98 Å². The molecule has 3 amide bonds. The normalized spacial score (nSPS) is 17.8. The molecule has 0 spiro atoms. The van der Waals surface area contributed by atoms with Crippen LogP contribution < -0.4 is 10.6 Å². The van der Waals surface area contributed by atoms with E-state index in [-0.39, 0.29) is 18.5 Å². The number of nitrogens with one attached hydrogen (secondary N) is 2. The topological polar surface area (TPSA) is 101 Å². The summed E-state index contributed by atoms with van der Waals surface area (Å²) in [4.78, 5) is 42.4. The van der Waals surface area contributed by atoms with Crippen LogP contribution in [0.4, 0.5) is 26.3 Å². The molecular weight excluding hydrogens is 582 g/mol. The second kappa shape index (κ2) is 10.9. The number of rotatable bonds is 5. The lowest BCUT2D eigenvalue weighted by Gasteiger charge is -2.39. The number of alkyl halides is 6. The molecule has 3 heterocycles. The molecular formula is C28H26F6N6O3. The summed E-state index contributed by atoms with van der Waals surface area (Å²) in [5.74, 6) is -4.73. The van der Waals surface area contributed by atoms with Gasteiger partial charge >= 0.3 is 24.2 Å². The van der Waals surface area contributed by atoms with E-state index in [1.54, 1.807) is 16.7 Å². The number of fused-ring (bicyclic) bond motifs is 2. The highest BCUT2D eigenvalue weighted by atomic mass is 19.4. The maximum Gasteiger partial charge on any atom is 0.471 e. The van der Waals surface area contributed by atoms with Gasteiger partial charge in [0.25, 0.3) is 5.91 Å². The fraction of sp³-hybridized carbons (Fsp3) is 0.357. The number of aromatic nitrogens is 3. The van der Waals surface area contributed by atoms with Crippen LogP contribution in [0.1, 0.15) is 23.7 Å². The Kier molecular flexibility index (Phi) is 7.60. The second-order valence-corrected chi connectivity index (χ2v) is 10.2. The predicted octanol–water partition coefficient (Wildman–Crippen LogP) is 4.16. The number of benzene rings is 2. The van der Waals surface area contributed by atoms with Gasteiger partial charge in [-0.3, -0.25) is 14.4 Å². The fourth-order valence-electron chi connectivity index (χ4n) is 5.44. The number of nitrogens with zero attached hydrogens (tertiary/aromatic N) is 4. The first-order chi connectivity index (χ1) is 20.2. The Bertz CT molecular complexity index is 1720. The first-order valence-corrected chi connectivity index (χ1v) is 13.3. The summed E-state index contributed by atoms with van der Waals surface area (Å²) in [6, 6.07) is 11.5. The summed E-state index contributed by atoms with van der Waals surface area (Å²) in [6.45, 7) is 1.95. The summed E-state index contributed by atoms with van der Waals surface area (Å²) in [6.07, 6.45) is -10.9. The summed E-state index contributed by atoms with van der Waals surface area (Å²) in [5, 5.41) is 4.29. The van der Waals surface area contributed by atoms with Crippen molar-refractivity contribution in [2.75, 3.05) is 13.1 Å². The van der Waals surface area contributed by atoms with Crippen LogP contribution in [0.25, 0.3) is 33.5 Å². The summed E-state index contributed by atoms with van der Waals surface area (Å²) in [5.41, 5.74) is 3.23. The summed E-state index contributed by atoms with van der Waals surface area (Å²) >= 11 is 0. The van der Waals surface area contributed by atoms with Gasteiger partial charge in [-0.25, -0.2) is 4.98 Å². The van der Waals surface area contributed by atoms with Gasteiger partial charge in [-0.05, 0) is 43.7 Å². The molecule has 4 aromatic rings. The van der Waals surface area contributed by atoms with E-state index in [2.05, 4.69) is 4.57 Å². The molecule has 43 heavy (non-hydrogen) atoms. The number of carbonyl (C=O) groups excluding carboxylic acids is 3. The smallest absolute Gasteiger partial charge is 0.343 e. The highest BCUT2D eigenvalue weighted by Gasteiger charge is 2.45. The minimum absolute atomic E-state index is 0.145. The van der Waals surface area contributed by atoms with Crippen molar-refractivity contribution in [1.82, 2.24) is 29.7 Å². The van der Waals surface area contributed by atoms with Crippen molar-refractivity contribution in [3.63, 3.8) is 0 Å². The van der Waals surface area contributed by atoms with Gasteiger partial charge in [-0.15, -0.1) is 0 Å². The standard InChI is InChI=1S/C28H26F6N6O3/c1-3-40-20-7-5-4-6-15(20)13-22(40)23-35-18-12-16(8-9-21(18)38(23)2)24(41)39-11-10-17(36-25(42)27(29,30)31)19(14-39)37-26(43)28(32,33)34/h4-9,12-13,17,19H,3,10-11,14H2,1-2H3,(H,36,42)(H,37,43)/t17-,19+/m1/s1. The third kappa shape index (κ3) is 5.75. The zero-order chi connectivity index (χ0) is 31.3. The van der Waals surface area contributed by atoms with Crippen molar-refractivity contribution < 1.29 is 40.7 Å². The highest BCUT2D eigenvalue weighted by molar-refractivity contribution is 5.98. The predicted molar refractivity (Wildman–Crippen MR) is 144 cm³/mol. The van der Waals surface area contributed by atoms with E-state index < -0.39 is 48.7 Å². The third-order valence-corrected chi connectivity index (χ3v) is 7.53. The molecule has 1 aliphatic heterocycles. The molecule has 2 aromatic heterocycles. The van der Waals surface area contributed by atoms with Crippen LogP contribution in [-0.2, 0) is 23.2 Å². The first kappa shape index (κ1) is 29.9. The third-order valence-electron chi connectivity index (χ3n) is 7.53. The van der Waals surface area contributed by atoms with Gasteiger partial charge in [0.05, 0.1) is 28.8 Å². The number of carbonyl (C=O) groups is 3. The number of hydrogen-bond acceptors (Lipinski definition) is 4. The van der Waals surface area contributed by atoms with Gasteiger partial charge in [-0.1, -0.05) is 18.2 Å². The average Bonchev–Trinajstić information content (AvgIpc) is 3.49. The Labute approximate surface area is 240 Å². The molecule has 9 nitrogen and oxygen atoms in total. The lowest BCUT2D eigenvalue weighted by molar-refractivity contribution is -0.177. The van der Waals surface area contributed by atoms with Crippen molar-refractivity contribution in [3.8, 4) is 11.5 Å². The Morgan fingerprint density at radius 3 is 2.21 bits per heavy atom. The number of halogens is 6. The Balaban J connectivity index is 1.42. The first-order valence-electron chi connectivity index (χ1n) is 13.3. The molecule has 228 valence electrons. The maximum absolute atomic E-state index is 13.4. The second-order valence-electron chi connectivity index (χ2n) is 10.2. The lowest BCUT2D eigenvalue weighted by atomic mass is 9.97. The molecule has 0 radical (unpaired) electrons. The Morgan fingerprint density at radius 1 is 0.907 bits per heavy atom. The van der Waals surface area contributed by atoms with Crippen molar-refractivity contribution in [3.05, 3.63) is 54.1 Å². The Hall–Kier alpha value is -4.56. The van der Waals surface area contributed by atoms with Gasteiger partial charge in [0.1, 0.15) is 0 Å². The summed E-state index contributed by atoms with van der Waals surface area (Å²) in [7, 11) is 1.83. The lowest BCUT2D eigenvalue weighted by Crippen LogP contribution is -2.63. The summed E-state index contributed by atoms with van der Waals surface area (Å²) < 4.78 is 81.3. The van der Waals surface area contributed by atoms with E-state index in [9.17, 15) is 40.7 Å². The monoisotopic (exact) mass is 608 g/mol. The maximum atomic E-state index is 13.4. The van der Waals surface area contributed by atoms with Crippen molar-refractivity contribution in [1.29, 1.82) is 0 Å². The van der Waals surface area contributed by atoms with E-state index in [0.717, 1.165) is 21.5 Å². The molecule has 0 bridgehead atoms. The van der Waals surface area contributed by atoms with Crippen LogP contribution >= 0.6 is 0 Å². The van der Waals surface area contributed by atoms with Crippen molar-refractivity contribution >= 4 is 39.7 Å². The number of likely N-dealkylation sites (tertiary alicyclic amines) is 1. The minimum atomic E-state index is -5.32. The van der Waals surface area contributed by atoms with Gasteiger partial charge in [0, 0.05) is 43.1 Å².